The van der Waals surface area contributed by atoms with Gasteiger partial charge in [0, 0.05) is 6.42 Å². The molecule has 2 amide bonds. The summed E-state index contributed by atoms with van der Waals surface area (Å²) in [6.07, 6.45) is 3.24. The first-order valence-electron chi connectivity index (χ1n) is 10.2. The normalized spacial score (nSPS) is 13.4. The van der Waals surface area contributed by atoms with Gasteiger partial charge in [-0.2, -0.15) is 0 Å². The summed E-state index contributed by atoms with van der Waals surface area (Å²) >= 11 is 0. The summed E-state index contributed by atoms with van der Waals surface area (Å²) in [4.78, 5) is 27.2. The number of anilines is 1. The maximum absolute atomic E-state index is 13.0. The summed E-state index contributed by atoms with van der Waals surface area (Å²) in [6.45, 7) is 1.98. The molecule has 4 aromatic rings. The Balaban J connectivity index is 1.47. The fourth-order valence-electron chi connectivity index (χ4n) is 4.04. The van der Waals surface area contributed by atoms with E-state index in [-0.39, 0.29) is 11.8 Å². The van der Waals surface area contributed by atoms with Crippen LogP contribution in [0.25, 0.3) is 5.65 Å². The van der Waals surface area contributed by atoms with Crippen LogP contribution < -0.4 is 4.90 Å². The topological polar surface area (TPSA) is 83.4 Å². The second kappa shape index (κ2) is 7.26. The van der Waals surface area contributed by atoms with Crippen LogP contribution in [0.4, 0.5) is 5.69 Å². The molecular formula is C23H21N5O2. The second-order valence-corrected chi connectivity index (χ2v) is 7.40. The molecule has 0 unspecified atom stereocenters. The standard InChI is InChI=1S/C23H21N5O2/c1-2-18-20(27-22(29)16-12-6-7-13-17(16)23(27)30)21-25-24-19(28(21)26-18)14-8-11-15-9-4-3-5-10-15/h3-7,9-10,12-13,26H,2,8,11,14H2,1H3. The minimum absolute atomic E-state index is 0.319. The number of hydrogen-bond acceptors (Lipinski definition) is 4. The van der Waals surface area contributed by atoms with Crippen molar-refractivity contribution in [3.05, 3.63) is 82.8 Å². The van der Waals surface area contributed by atoms with E-state index >= 15 is 0 Å². The van der Waals surface area contributed by atoms with Crippen molar-refractivity contribution in [1.29, 1.82) is 0 Å². The zero-order valence-electron chi connectivity index (χ0n) is 16.6. The predicted molar refractivity (Wildman–Crippen MR) is 113 cm³/mol. The second-order valence-electron chi connectivity index (χ2n) is 7.40. The zero-order valence-corrected chi connectivity index (χ0v) is 16.6. The number of fused-ring (bicyclic) bond motifs is 2. The molecule has 2 aromatic carbocycles. The fourth-order valence-corrected chi connectivity index (χ4v) is 4.04. The highest BCUT2D eigenvalue weighted by molar-refractivity contribution is 6.35. The lowest BCUT2D eigenvalue weighted by molar-refractivity contribution is 0.0926. The van der Waals surface area contributed by atoms with Gasteiger partial charge in [0.15, 0.2) is 5.82 Å². The number of nitrogens with zero attached hydrogens (tertiary/aromatic N) is 4. The van der Waals surface area contributed by atoms with Gasteiger partial charge in [-0.15, -0.1) is 10.2 Å². The highest BCUT2D eigenvalue weighted by atomic mass is 16.2. The van der Waals surface area contributed by atoms with Gasteiger partial charge in [-0.1, -0.05) is 49.4 Å². The van der Waals surface area contributed by atoms with E-state index in [0.29, 0.717) is 28.9 Å². The van der Waals surface area contributed by atoms with Crippen molar-refractivity contribution in [2.75, 3.05) is 4.90 Å². The Morgan fingerprint density at radius 2 is 1.53 bits per heavy atom. The van der Waals surface area contributed by atoms with Gasteiger partial charge in [-0.05, 0) is 37.0 Å². The van der Waals surface area contributed by atoms with Crippen LogP contribution in [0.5, 0.6) is 0 Å². The van der Waals surface area contributed by atoms with E-state index in [1.54, 1.807) is 24.3 Å². The Kier molecular flexibility index (Phi) is 4.43. The van der Waals surface area contributed by atoms with Crippen molar-refractivity contribution < 1.29 is 9.59 Å². The predicted octanol–water partition coefficient (Wildman–Crippen LogP) is 3.60. The number of amides is 2. The summed E-state index contributed by atoms with van der Waals surface area (Å²) in [5.41, 5.74) is 3.93. The molecule has 0 bridgehead atoms. The molecule has 7 heteroatoms. The average Bonchev–Trinajstić information content (AvgIpc) is 3.41. The number of aryl methyl sites for hydroxylation is 3. The number of nitrogens with one attached hydrogen (secondary N) is 1. The quantitative estimate of drug-likeness (QED) is 0.502. The zero-order chi connectivity index (χ0) is 20.7. The molecule has 1 aliphatic heterocycles. The maximum Gasteiger partial charge on any atom is 0.266 e. The van der Waals surface area contributed by atoms with Crippen molar-refractivity contribution in [2.45, 2.75) is 32.6 Å². The first-order chi connectivity index (χ1) is 14.7. The van der Waals surface area contributed by atoms with Crippen molar-refractivity contribution in [3.8, 4) is 0 Å². The molecule has 1 aliphatic rings. The molecule has 5 rings (SSSR count). The molecule has 2 aromatic heterocycles. The highest BCUT2D eigenvalue weighted by Crippen LogP contribution is 2.33. The molecule has 1 N–H and O–H groups in total. The van der Waals surface area contributed by atoms with E-state index in [2.05, 4.69) is 27.4 Å². The van der Waals surface area contributed by atoms with E-state index in [1.165, 1.54) is 10.5 Å². The van der Waals surface area contributed by atoms with Crippen LogP contribution >= 0.6 is 0 Å². The summed E-state index contributed by atoms with van der Waals surface area (Å²) in [6, 6.07) is 17.2. The molecule has 30 heavy (non-hydrogen) atoms. The number of H-pyrrole nitrogens is 1. The summed E-state index contributed by atoms with van der Waals surface area (Å²) in [5.74, 6) is 0.152. The van der Waals surface area contributed by atoms with E-state index < -0.39 is 0 Å². The van der Waals surface area contributed by atoms with Crippen LogP contribution in [-0.4, -0.2) is 31.6 Å². The van der Waals surface area contributed by atoms with E-state index in [4.69, 9.17) is 0 Å². The van der Waals surface area contributed by atoms with Gasteiger partial charge in [0.1, 0.15) is 5.69 Å². The SMILES string of the molecule is CCc1[nH]n2c(CCCc3ccccc3)nnc2c1N1C(=O)c2ccccc2C1=O. The van der Waals surface area contributed by atoms with Gasteiger partial charge >= 0.3 is 0 Å². The molecule has 150 valence electrons. The minimum Gasteiger partial charge on any atom is -0.293 e. The smallest absolute Gasteiger partial charge is 0.266 e. The van der Waals surface area contributed by atoms with Gasteiger partial charge in [0.2, 0.25) is 5.65 Å². The third kappa shape index (κ3) is 2.82. The number of hydrogen-bond donors (Lipinski definition) is 1. The van der Waals surface area contributed by atoms with Crippen LogP contribution in [0.1, 0.15) is 51.1 Å². The molecule has 7 nitrogen and oxygen atoms in total. The van der Waals surface area contributed by atoms with Crippen molar-refractivity contribution >= 4 is 23.1 Å². The maximum atomic E-state index is 13.0. The summed E-state index contributed by atoms with van der Waals surface area (Å²) < 4.78 is 1.81. The number of benzene rings is 2. The van der Waals surface area contributed by atoms with Gasteiger partial charge in [0.25, 0.3) is 11.8 Å². The van der Waals surface area contributed by atoms with Crippen LogP contribution in [0.3, 0.4) is 0 Å². The summed E-state index contributed by atoms with van der Waals surface area (Å²) in [7, 11) is 0. The third-order valence-electron chi connectivity index (χ3n) is 5.55. The molecule has 3 heterocycles. The number of aromatic amines is 1. The molecular weight excluding hydrogens is 378 g/mol. The first kappa shape index (κ1) is 18.3. The van der Waals surface area contributed by atoms with E-state index in [9.17, 15) is 9.59 Å². The van der Waals surface area contributed by atoms with Gasteiger partial charge in [-0.3, -0.25) is 14.7 Å². The molecule has 0 saturated carbocycles. The van der Waals surface area contributed by atoms with Crippen LogP contribution in [0.15, 0.2) is 54.6 Å². The van der Waals surface area contributed by atoms with Crippen molar-refractivity contribution in [1.82, 2.24) is 19.8 Å². The van der Waals surface area contributed by atoms with Gasteiger partial charge in [-0.25, -0.2) is 9.42 Å². The van der Waals surface area contributed by atoms with Crippen molar-refractivity contribution in [3.63, 3.8) is 0 Å². The molecule has 0 aliphatic carbocycles. The third-order valence-corrected chi connectivity index (χ3v) is 5.55. The lowest BCUT2D eigenvalue weighted by Gasteiger charge is -2.13. The van der Waals surface area contributed by atoms with Crippen LogP contribution in [0.2, 0.25) is 0 Å². The first-order valence-corrected chi connectivity index (χ1v) is 10.2. The van der Waals surface area contributed by atoms with Gasteiger partial charge < -0.3 is 0 Å². The van der Waals surface area contributed by atoms with E-state index in [0.717, 1.165) is 30.8 Å². The molecule has 0 atom stereocenters. The largest absolute Gasteiger partial charge is 0.293 e. The molecule has 0 radical (unpaired) electrons. The Labute approximate surface area is 173 Å². The molecule has 0 fully saturated rings. The number of imide groups is 1. The number of carbonyl (C=O) groups excluding carboxylic acids is 2. The number of rotatable bonds is 6. The van der Waals surface area contributed by atoms with Crippen LogP contribution in [-0.2, 0) is 19.3 Å². The molecule has 0 spiro atoms. The highest BCUT2D eigenvalue weighted by Gasteiger charge is 2.39. The Bertz CT molecular complexity index is 1220. The van der Waals surface area contributed by atoms with E-state index in [1.807, 2.05) is 29.6 Å². The Morgan fingerprint density at radius 3 is 2.20 bits per heavy atom. The average molecular weight is 399 g/mol. The van der Waals surface area contributed by atoms with Gasteiger partial charge in [0.05, 0.1) is 16.8 Å². The fraction of sp³-hybridized carbons (Fsp3) is 0.217. The Morgan fingerprint density at radius 1 is 0.867 bits per heavy atom. The lowest BCUT2D eigenvalue weighted by Crippen LogP contribution is -2.30. The monoisotopic (exact) mass is 399 g/mol. The molecule has 0 saturated heterocycles. The van der Waals surface area contributed by atoms with Crippen molar-refractivity contribution in [2.24, 2.45) is 0 Å². The Hall–Kier alpha value is -3.74. The summed E-state index contributed by atoms with van der Waals surface area (Å²) in [5, 5.41) is 12.0. The van der Waals surface area contributed by atoms with Crippen LogP contribution in [0, 0.1) is 0 Å². The lowest BCUT2D eigenvalue weighted by atomic mass is 10.1. The number of aromatic nitrogens is 4. The minimum atomic E-state index is -0.319. The number of carbonyl (C=O) groups is 2.